The van der Waals surface area contributed by atoms with Crippen molar-refractivity contribution in [3.05, 3.63) is 110 Å². The molecule has 3 aromatic carbocycles. The molecule has 1 heterocycles. The van der Waals surface area contributed by atoms with Gasteiger partial charge in [0.1, 0.15) is 11.6 Å². The third-order valence-corrected chi connectivity index (χ3v) is 5.82. The molecular weight excluding hydrogens is 484 g/mol. The quantitative estimate of drug-likeness (QED) is 0.112. The van der Waals surface area contributed by atoms with Gasteiger partial charge in [-0.1, -0.05) is 48.5 Å². The van der Waals surface area contributed by atoms with E-state index in [1.165, 1.54) is 42.5 Å². The minimum atomic E-state index is -0.739. The Bertz CT molecular complexity index is 1560. The Hall–Kier alpha value is -5.15. The Labute approximate surface area is 207 Å². The maximum atomic E-state index is 12.7. The molecule has 4 rings (SSSR count). The van der Waals surface area contributed by atoms with E-state index in [9.17, 15) is 30.3 Å². The van der Waals surface area contributed by atoms with E-state index in [4.69, 9.17) is 0 Å². The van der Waals surface area contributed by atoms with Crippen LogP contribution in [0.25, 0.3) is 17.5 Å². The number of Topliss-reactive ketones (excluding diaryl/α,β-unsaturated/α-hetero) is 1. The minimum absolute atomic E-state index is 0.0440. The molecule has 36 heavy (non-hydrogen) atoms. The molecule has 0 atom stereocenters. The van der Waals surface area contributed by atoms with E-state index in [2.05, 4.69) is 15.2 Å². The second-order valence-corrected chi connectivity index (χ2v) is 8.23. The first-order valence-electron chi connectivity index (χ1n) is 10.2. The Morgan fingerprint density at radius 2 is 1.78 bits per heavy atom. The summed E-state index contributed by atoms with van der Waals surface area (Å²) < 4.78 is 0. The molecule has 12 heteroatoms. The first kappa shape index (κ1) is 24.0. The topological polar surface area (TPSA) is 169 Å². The number of aromatic amines is 1. The highest BCUT2D eigenvalue weighted by atomic mass is 32.2. The summed E-state index contributed by atoms with van der Waals surface area (Å²) in [6, 6.07) is 20.2. The van der Waals surface area contributed by atoms with Crippen LogP contribution in [0.1, 0.15) is 15.9 Å². The lowest BCUT2D eigenvalue weighted by atomic mass is 10.0. The van der Waals surface area contributed by atoms with Gasteiger partial charge >= 0.3 is 0 Å². The number of nitro benzene ring substituents is 2. The molecule has 0 saturated carbocycles. The maximum absolute atomic E-state index is 12.7. The second kappa shape index (κ2) is 10.4. The van der Waals surface area contributed by atoms with E-state index in [-0.39, 0.29) is 38.1 Å². The lowest BCUT2D eigenvalue weighted by molar-refractivity contribution is -0.387. The molecule has 1 N–H and O–H groups in total. The fourth-order valence-electron chi connectivity index (χ4n) is 3.20. The van der Waals surface area contributed by atoms with Gasteiger partial charge in [0.05, 0.1) is 14.7 Å². The van der Waals surface area contributed by atoms with Crippen molar-refractivity contribution in [2.45, 2.75) is 10.1 Å². The number of hydrogen-bond acceptors (Lipinski definition) is 9. The summed E-state index contributed by atoms with van der Waals surface area (Å²) in [5.74, 6) is -0.227. The lowest BCUT2D eigenvalue weighted by Crippen LogP contribution is -2.03. The summed E-state index contributed by atoms with van der Waals surface area (Å²) in [6.07, 6.45) is 1.20. The van der Waals surface area contributed by atoms with Crippen LogP contribution in [0.2, 0.25) is 0 Å². The summed E-state index contributed by atoms with van der Waals surface area (Å²) >= 11 is 0.987. The van der Waals surface area contributed by atoms with Crippen molar-refractivity contribution in [2.75, 3.05) is 0 Å². The third kappa shape index (κ3) is 5.32. The van der Waals surface area contributed by atoms with Crippen LogP contribution in [0.4, 0.5) is 11.4 Å². The van der Waals surface area contributed by atoms with Crippen LogP contribution in [-0.2, 0) is 0 Å². The van der Waals surface area contributed by atoms with E-state index in [0.717, 1.165) is 23.4 Å². The van der Waals surface area contributed by atoms with Crippen molar-refractivity contribution < 1.29 is 14.6 Å². The molecule has 0 aliphatic carbocycles. The summed E-state index contributed by atoms with van der Waals surface area (Å²) in [6.45, 7) is 0. The van der Waals surface area contributed by atoms with E-state index >= 15 is 0 Å². The fraction of sp³-hybridized carbons (Fsp3) is 0. The largest absolute Gasteiger partial charge is 0.288 e. The zero-order valence-electron chi connectivity index (χ0n) is 18.2. The number of benzene rings is 3. The first-order chi connectivity index (χ1) is 17.4. The number of carbonyl (C=O) groups excluding carboxylic acids is 1. The molecule has 0 bridgehead atoms. The number of allylic oxidation sites excluding steroid dienone is 1. The Morgan fingerprint density at radius 3 is 2.47 bits per heavy atom. The number of carbonyl (C=O) groups is 1. The first-order valence-corrected chi connectivity index (χ1v) is 11.0. The van der Waals surface area contributed by atoms with E-state index in [1.807, 2.05) is 30.3 Å². The van der Waals surface area contributed by atoms with Crippen LogP contribution in [0.3, 0.4) is 0 Å². The Kier molecular flexibility index (Phi) is 6.94. The van der Waals surface area contributed by atoms with Crippen molar-refractivity contribution >= 4 is 35.0 Å². The van der Waals surface area contributed by atoms with Gasteiger partial charge in [0.25, 0.3) is 11.4 Å². The van der Waals surface area contributed by atoms with E-state index in [1.54, 1.807) is 6.07 Å². The van der Waals surface area contributed by atoms with Gasteiger partial charge in [-0.3, -0.25) is 30.1 Å². The van der Waals surface area contributed by atoms with Gasteiger partial charge in [-0.25, -0.2) is 4.98 Å². The third-order valence-electron chi connectivity index (χ3n) is 4.89. The van der Waals surface area contributed by atoms with Crippen molar-refractivity contribution in [1.29, 1.82) is 5.26 Å². The summed E-state index contributed by atoms with van der Waals surface area (Å²) in [4.78, 5) is 38.8. The number of nitriles is 1. The highest BCUT2D eigenvalue weighted by Crippen LogP contribution is 2.35. The summed E-state index contributed by atoms with van der Waals surface area (Å²) in [7, 11) is 0. The SMILES string of the molecule is N#C/C(=C/c1ccc(Sc2n[nH]c(-c3ccccc3)n2)c([N+](=O)[O-])c1)C(=O)c1cccc([N+](=O)[O-])c1. The number of non-ortho nitro benzene ring substituents is 1. The molecule has 1 aromatic heterocycles. The number of H-pyrrole nitrogens is 1. The van der Waals surface area contributed by atoms with Crippen LogP contribution >= 0.6 is 11.8 Å². The van der Waals surface area contributed by atoms with Gasteiger partial charge in [0, 0.05) is 29.3 Å². The molecule has 0 unspecified atom stereocenters. The standard InChI is InChI=1S/C24H14N6O5S/c25-14-18(22(31)17-7-4-8-19(13-17)29(32)33)11-15-9-10-21(20(12-15)30(34)35)36-24-26-23(27-28-24)16-5-2-1-3-6-16/h1-13H,(H,26,27,28)/b18-11-. The highest BCUT2D eigenvalue weighted by molar-refractivity contribution is 7.99. The van der Waals surface area contributed by atoms with Crippen molar-refractivity contribution in [3.8, 4) is 17.5 Å². The van der Waals surface area contributed by atoms with Gasteiger partial charge in [0.2, 0.25) is 10.9 Å². The molecule has 0 fully saturated rings. The molecule has 0 saturated heterocycles. The zero-order valence-corrected chi connectivity index (χ0v) is 19.0. The average Bonchev–Trinajstić information content (AvgIpc) is 3.36. The van der Waals surface area contributed by atoms with Crippen molar-refractivity contribution in [2.24, 2.45) is 0 Å². The van der Waals surface area contributed by atoms with E-state index in [0.29, 0.717) is 5.82 Å². The number of hydrogen-bond donors (Lipinski definition) is 1. The summed E-state index contributed by atoms with van der Waals surface area (Å²) in [5.41, 5.74) is 0.118. The molecular formula is C24H14N6O5S. The number of aromatic nitrogens is 3. The molecule has 4 aromatic rings. The molecule has 176 valence electrons. The molecule has 0 aliphatic rings. The van der Waals surface area contributed by atoms with Gasteiger partial charge in [-0.2, -0.15) is 5.26 Å². The summed E-state index contributed by atoms with van der Waals surface area (Å²) in [5, 5.41) is 39.4. The zero-order chi connectivity index (χ0) is 25.7. The maximum Gasteiger partial charge on any atom is 0.283 e. The van der Waals surface area contributed by atoms with E-state index < -0.39 is 15.6 Å². The van der Waals surface area contributed by atoms with Crippen molar-refractivity contribution in [3.63, 3.8) is 0 Å². The molecule has 11 nitrogen and oxygen atoms in total. The van der Waals surface area contributed by atoms with Crippen LogP contribution in [-0.4, -0.2) is 30.8 Å². The molecule has 0 radical (unpaired) electrons. The fourth-order valence-corrected chi connectivity index (χ4v) is 4.00. The van der Waals surface area contributed by atoms with Gasteiger partial charge in [0.15, 0.2) is 5.82 Å². The Morgan fingerprint density at radius 1 is 1.00 bits per heavy atom. The smallest absolute Gasteiger partial charge is 0.283 e. The number of nitrogens with zero attached hydrogens (tertiary/aromatic N) is 5. The Balaban J connectivity index is 1.61. The van der Waals surface area contributed by atoms with Crippen LogP contribution in [0.5, 0.6) is 0 Å². The lowest BCUT2D eigenvalue weighted by Gasteiger charge is -2.03. The van der Waals surface area contributed by atoms with Crippen LogP contribution in [0.15, 0.2) is 88.4 Å². The predicted octanol–water partition coefficient (Wildman–Crippen LogP) is 5.23. The molecule has 0 amide bonds. The molecule has 0 spiro atoms. The van der Waals surface area contributed by atoms with Crippen LogP contribution in [0, 0.1) is 31.6 Å². The van der Waals surface area contributed by atoms with Crippen LogP contribution < -0.4 is 0 Å². The predicted molar refractivity (Wildman–Crippen MR) is 130 cm³/mol. The van der Waals surface area contributed by atoms with Gasteiger partial charge < -0.3 is 0 Å². The highest BCUT2D eigenvalue weighted by Gasteiger charge is 2.20. The number of nitrogens with one attached hydrogen (secondary N) is 1. The molecule has 0 aliphatic heterocycles. The minimum Gasteiger partial charge on any atom is -0.288 e. The average molecular weight is 498 g/mol. The van der Waals surface area contributed by atoms with Gasteiger partial charge in [-0.05, 0) is 29.5 Å². The number of ketones is 1. The normalized spacial score (nSPS) is 11.0. The number of nitro groups is 2. The van der Waals surface area contributed by atoms with Crippen molar-refractivity contribution in [1.82, 2.24) is 15.2 Å². The second-order valence-electron chi connectivity index (χ2n) is 7.23. The van der Waals surface area contributed by atoms with Gasteiger partial charge in [-0.15, -0.1) is 5.10 Å². The number of rotatable bonds is 8. The monoisotopic (exact) mass is 498 g/mol.